The molecule has 0 aromatic carbocycles. The van der Waals surface area contributed by atoms with Gasteiger partial charge in [0, 0.05) is 24.9 Å². The summed E-state index contributed by atoms with van der Waals surface area (Å²) in [5, 5.41) is 0. The third kappa shape index (κ3) is 2.20. The van der Waals surface area contributed by atoms with Crippen molar-refractivity contribution >= 4 is 5.91 Å². The van der Waals surface area contributed by atoms with Gasteiger partial charge in [-0.1, -0.05) is 13.3 Å². The van der Waals surface area contributed by atoms with Crippen LogP contribution in [0, 0.1) is 17.8 Å². The van der Waals surface area contributed by atoms with Crippen LogP contribution < -0.4 is 0 Å². The summed E-state index contributed by atoms with van der Waals surface area (Å²) in [6.45, 7) is 3.80. The molecular formula is C12H19F2NO. The van der Waals surface area contributed by atoms with Gasteiger partial charge >= 0.3 is 0 Å². The van der Waals surface area contributed by atoms with Crippen LogP contribution in [0.3, 0.4) is 0 Å². The second-order valence-electron chi connectivity index (χ2n) is 5.11. The fourth-order valence-electron chi connectivity index (χ4n) is 2.69. The number of carbonyl (C=O) groups is 1. The molecule has 2 aliphatic rings. The van der Waals surface area contributed by atoms with E-state index >= 15 is 0 Å². The second kappa shape index (κ2) is 4.68. The van der Waals surface area contributed by atoms with Gasteiger partial charge in [-0.25, -0.2) is 8.78 Å². The van der Waals surface area contributed by atoms with Crippen molar-refractivity contribution in [2.24, 2.45) is 17.8 Å². The second-order valence-corrected chi connectivity index (χ2v) is 5.11. The summed E-state index contributed by atoms with van der Waals surface area (Å²) < 4.78 is 24.6. The third-order valence-electron chi connectivity index (χ3n) is 4.05. The van der Waals surface area contributed by atoms with Gasteiger partial charge < -0.3 is 4.90 Å². The Morgan fingerprint density at radius 2 is 2.12 bits per heavy atom. The van der Waals surface area contributed by atoms with Crippen LogP contribution in [0.15, 0.2) is 0 Å². The van der Waals surface area contributed by atoms with E-state index in [-0.39, 0.29) is 11.8 Å². The topological polar surface area (TPSA) is 20.3 Å². The van der Waals surface area contributed by atoms with Gasteiger partial charge in [-0.3, -0.25) is 4.79 Å². The molecule has 1 heterocycles. The van der Waals surface area contributed by atoms with Gasteiger partial charge in [0.2, 0.25) is 12.3 Å². The number of rotatable bonds is 3. The van der Waals surface area contributed by atoms with Crippen LogP contribution in [-0.4, -0.2) is 30.3 Å². The standard InChI is InChI=1S/C12H19F2NO/c1-2-8-3-4-15(7-8)12(16)10-5-9(6-10)11(13)14/h8-11H,2-7H2,1H3. The summed E-state index contributed by atoms with van der Waals surface area (Å²) in [5.41, 5.74) is 0. The first-order valence-electron chi connectivity index (χ1n) is 6.18. The van der Waals surface area contributed by atoms with E-state index < -0.39 is 12.3 Å². The van der Waals surface area contributed by atoms with Gasteiger partial charge in [-0.05, 0) is 25.2 Å². The van der Waals surface area contributed by atoms with Crippen LogP contribution in [0.2, 0.25) is 0 Å². The predicted octanol–water partition coefficient (Wildman–Crippen LogP) is 2.54. The summed E-state index contributed by atoms with van der Waals surface area (Å²) in [7, 11) is 0. The molecule has 0 bridgehead atoms. The number of likely N-dealkylation sites (tertiary alicyclic amines) is 1. The minimum absolute atomic E-state index is 0.116. The first kappa shape index (κ1) is 11.8. The van der Waals surface area contributed by atoms with Crippen LogP contribution in [0.5, 0.6) is 0 Å². The van der Waals surface area contributed by atoms with E-state index in [1.807, 2.05) is 4.90 Å². The fraction of sp³-hybridized carbons (Fsp3) is 0.917. The minimum atomic E-state index is -2.24. The largest absolute Gasteiger partial charge is 0.342 e. The Morgan fingerprint density at radius 1 is 1.44 bits per heavy atom. The predicted molar refractivity (Wildman–Crippen MR) is 57.2 cm³/mol. The van der Waals surface area contributed by atoms with Gasteiger partial charge in [-0.2, -0.15) is 0 Å². The molecule has 0 aromatic heterocycles. The summed E-state index contributed by atoms with van der Waals surface area (Å²) in [6, 6.07) is 0. The molecule has 0 spiro atoms. The quantitative estimate of drug-likeness (QED) is 0.731. The van der Waals surface area contributed by atoms with Crippen LogP contribution in [-0.2, 0) is 4.79 Å². The smallest absolute Gasteiger partial charge is 0.241 e. The van der Waals surface area contributed by atoms with Gasteiger partial charge in [0.05, 0.1) is 0 Å². The van der Waals surface area contributed by atoms with Gasteiger partial charge in [0.15, 0.2) is 0 Å². The Balaban J connectivity index is 1.78. The normalized spacial score (nSPS) is 34.2. The van der Waals surface area contributed by atoms with Crippen molar-refractivity contribution < 1.29 is 13.6 Å². The Morgan fingerprint density at radius 3 is 2.62 bits per heavy atom. The number of hydrogen-bond acceptors (Lipinski definition) is 1. The summed E-state index contributed by atoms with van der Waals surface area (Å²) in [5.74, 6) is 0.0934. The van der Waals surface area contributed by atoms with Gasteiger partial charge in [0.25, 0.3) is 0 Å². The highest BCUT2D eigenvalue weighted by Crippen LogP contribution is 2.39. The summed E-state index contributed by atoms with van der Waals surface area (Å²) >= 11 is 0. The summed E-state index contributed by atoms with van der Waals surface area (Å²) in [4.78, 5) is 13.8. The maximum Gasteiger partial charge on any atom is 0.241 e. The van der Waals surface area contributed by atoms with Crippen molar-refractivity contribution in [3.63, 3.8) is 0 Å². The highest BCUT2D eigenvalue weighted by Gasteiger charge is 2.42. The number of hydrogen-bond donors (Lipinski definition) is 0. The van der Waals surface area contributed by atoms with E-state index in [9.17, 15) is 13.6 Å². The molecule has 2 fully saturated rings. The number of carbonyl (C=O) groups excluding carboxylic acids is 1. The van der Waals surface area contributed by atoms with Crippen LogP contribution >= 0.6 is 0 Å². The van der Waals surface area contributed by atoms with Crippen molar-refractivity contribution in [1.82, 2.24) is 4.90 Å². The summed E-state index contributed by atoms with van der Waals surface area (Å²) in [6.07, 6.45) is 0.723. The van der Waals surface area contributed by atoms with Crippen LogP contribution in [0.1, 0.15) is 32.6 Å². The Bertz CT molecular complexity index is 264. The monoisotopic (exact) mass is 231 g/mol. The van der Waals surface area contributed by atoms with Crippen molar-refractivity contribution in [1.29, 1.82) is 0 Å². The molecule has 0 N–H and O–H groups in total. The molecule has 1 saturated heterocycles. The average molecular weight is 231 g/mol. The minimum Gasteiger partial charge on any atom is -0.342 e. The molecular weight excluding hydrogens is 212 g/mol. The van der Waals surface area contributed by atoms with E-state index in [4.69, 9.17) is 0 Å². The van der Waals surface area contributed by atoms with Crippen molar-refractivity contribution in [2.75, 3.05) is 13.1 Å². The Hall–Kier alpha value is -0.670. The molecule has 4 heteroatoms. The van der Waals surface area contributed by atoms with E-state index in [1.54, 1.807) is 0 Å². The average Bonchev–Trinajstić information content (AvgIpc) is 2.62. The first-order valence-corrected chi connectivity index (χ1v) is 6.18. The van der Waals surface area contributed by atoms with E-state index in [1.165, 1.54) is 0 Å². The number of amides is 1. The lowest BCUT2D eigenvalue weighted by atomic mass is 9.74. The van der Waals surface area contributed by atoms with Crippen molar-refractivity contribution in [3.05, 3.63) is 0 Å². The molecule has 92 valence electrons. The third-order valence-corrected chi connectivity index (χ3v) is 4.05. The molecule has 1 aliphatic carbocycles. The zero-order chi connectivity index (χ0) is 11.7. The Kier molecular flexibility index (Phi) is 3.45. The zero-order valence-corrected chi connectivity index (χ0v) is 9.66. The highest BCUT2D eigenvalue weighted by atomic mass is 19.3. The lowest BCUT2D eigenvalue weighted by molar-refractivity contribution is -0.141. The van der Waals surface area contributed by atoms with Crippen LogP contribution in [0.25, 0.3) is 0 Å². The van der Waals surface area contributed by atoms with E-state index in [0.717, 1.165) is 25.9 Å². The Labute approximate surface area is 95.0 Å². The highest BCUT2D eigenvalue weighted by molar-refractivity contribution is 5.80. The lowest BCUT2D eigenvalue weighted by Crippen LogP contribution is -2.42. The maximum absolute atomic E-state index is 12.3. The fourth-order valence-corrected chi connectivity index (χ4v) is 2.69. The molecule has 1 atom stereocenters. The number of halogens is 2. The molecule has 16 heavy (non-hydrogen) atoms. The molecule has 1 unspecified atom stereocenters. The van der Waals surface area contributed by atoms with E-state index in [2.05, 4.69) is 6.92 Å². The number of alkyl halides is 2. The van der Waals surface area contributed by atoms with E-state index in [0.29, 0.717) is 18.8 Å². The molecule has 1 saturated carbocycles. The van der Waals surface area contributed by atoms with Gasteiger partial charge in [0.1, 0.15) is 0 Å². The molecule has 2 nitrogen and oxygen atoms in total. The lowest BCUT2D eigenvalue weighted by Gasteiger charge is -2.36. The zero-order valence-electron chi connectivity index (χ0n) is 9.66. The molecule has 0 aromatic rings. The van der Waals surface area contributed by atoms with Crippen molar-refractivity contribution in [3.8, 4) is 0 Å². The van der Waals surface area contributed by atoms with Gasteiger partial charge in [-0.15, -0.1) is 0 Å². The number of nitrogens with zero attached hydrogens (tertiary/aromatic N) is 1. The first-order chi connectivity index (χ1) is 7.61. The van der Waals surface area contributed by atoms with Crippen LogP contribution in [0.4, 0.5) is 8.78 Å². The molecule has 1 amide bonds. The molecule has 1 aliphatic heterocycles. The maximum atomic E-state index is 12.3. The molecule has 0 radical (unpaired) electrons. The SMILES string of the molecule is CCC1CCN(C(=O)C2CC(C(F)F)C2)C1. The van der Waals surface area contributed by atoms with Crippen molar-refractivity contribution in [2.45, 2.75) is 39.0 Å². The molecule has 2 rings (SSSR count).